The number of nitrogens with one attached hydrogen (secondary N) is 3. The molecule has 0 aliphatic heterocycles. The van der Waals surface area contributed by atoms with Crippen LogP contribution in [0.2, 0.25) is 0 Å². The zero-order valence-corrected chi connectivity index (χ0v) is 14.1. The molecule has 0 aliphatic carbocycles. The molecule has 0 saturated carbocycles. The third kappa shape index (κ3) is 9.09. The number of amides is 3. The average Bonchev–Trinajstić information content (AvgIpc) is 2.57. The molecule has 0 bridgehead atoms. The molecule has 0 saturated heterocycles. The van der Waals surface area contributed by atoms with E-state index in [4.69, 9.17) is 0 Å². The van der Waals surface area contributed by atoms with Gasteiger partial charge in [-0.15, -0.1) is 0 Å². The predicted molar refractivity (Wildman–Crippen MR) is 90.6 cm³/mol. The van der Waals surface area contributed by atoms with E-state index in [2.05, 4.69) is 16.0 Å². The van der Waals surface area contributed by atoms with Crippen molar-refractivity contribution in [1.29, 1.82) is 0 Å². The molecule has 0 aliphatic rings. The summed E-state index contributed by atoms with van der Waals surface area (Å²) in [5.74, 6) is -2.15. The molecule has 0 spiro atoms. The average molecular weight is 349 g/mol. The third-order valence-corrected chi connectivity index (χ3v) is 3.32. The Labute approximate surface area is 146 Å². The van der Waals surface area contributed by atoms with Crippen molar-refractivity contribution in [2.45, 2.75) is 32.2 Å². The van der Waals surface area contributed by atoms with Crippen LogP contribution in [0.25, 0.3) is 0 Å². The lowest BCUT2D eigenvalue weighted by atomic mass is 10.1. The van der Waals surface area contributed by atoms with E-state index in [1.165, 1.54) is 6.92 Å². The van der Waals surface area contributed by atoms with Crippen LogP contribution in [0.5, 0.6) is 0 Å². The Morgan fingerprint density at radius 2 is 1.56 bits per heavy atom. The van der Waals surface area contributed by atoms with Crippen LogP contribution in [0.3, 0.4) is 0 Å². The van der Waals surface area contributed by atoms with Crippen molar-refractivity contribution < 1.29 is 24.3 Å². The van der Waals surface area contributed by atoms with E-state index in [0.717, 1.165) is 5.56 Å². The molecule has 136 valence electrons. The van der Waals surface area contributed by atoms with Crippen LogP contribution in [-0.2, 0) is 25.6 Å². The highest BCUT2D eigenvalue weighted by Crippen LogP contribution is 2.04. The lowest BCUT2D eigenvalue weighted by molar-refractivity contribution is -0.141. The van der Waals surface area contributed by atoms with Crippen molar-refractivity contribution in [3.05, 3.63) is 35.9 Å². The van der Waals surface area contributed by atoms with E-state index in [1.807, 2.05) is 6.07 Å². The van der Waals surface area contributed by atoms with Crippen molar-refractivity contribution >= 4 is 23.7 Å². The highest BCUT2D eigenvalue weighted by Gasteiger charge is 2.20. The van der Waals surface area contributed by atoms with Gasteiger partial charge in [-0.2, -0.15) is 0 Å². The maximum atomic E-state index is 11.9. The maximum Gasteiger partial charge on any atom is 0.326 e. The minimum absolute atomic E-state index is 0.0520. The van der Waals surface area contributed by atoms with Gasteiger partial charge in [-0.05, 0) is 5.56 Å². The molecule has 8 heteroatoms. The first-order valence-corrected chi connectivity index (χ1v) is 7.95. The van der Waals surface area contributed by atoms with Crippen molar-refractivity contribution in [3.8, 4) is 0 Å². The monoisotopic (exact) mass is 349 g/mol. The fourth-order valence-electron chi connectivity index (χ4n) is 2.07. The van der Waals surface area contributed by atoms with Gasteiger partial charge in [0.2, 0.25) is 17.7 Å². The summed E-state index contributed by atoms with van der Waals surface area (Å²) in [6.45, 7) is 1.96. The van der Waals surface area contributed by atoms with Gasteiger partial charge in [0.05, 0.1) is 0 Å². The highest BCUT2D eigenvalue weighted by atomic mass is 16.4. The minimum atomic E-state index is -1.13. The molecule has 1 aromatic rings. The first-order chi connectivity index (χ1) is 11.9. The minimum Gasteiger partial charge on any atom is -0.480 e. The van der Waals surface area contributed by atoms with Crippen LogP contribution >= 0.6 is 0 Å². The Balaban J connectivity index is 2.34. The molecule has 25 heavy (non-hydrogen) atoms. The number of rotatable bonds is 10. The molecule has 0 aromatic heterocycles. The second-order valence-electron chi connectivity index (χ2n) is 5.48. The van der Waals surface area contributed by atoms with Crippen LogP contribution in [0.4, 0.5) is 0 Å². The molecule has 0 fully saturated rings. The summed E-state index contributed by atoms with van der Waals surface area (Å²) < 4.78 is 0. The van der Waals surface area contributed by atoms with Crippen LogP contribution in [0.1, 0.15) is 25.3 Å². The fraction of sp³-hybridized carbons (Fsp3) is 0.412. The van der Waals surface area contributed by atoms with Gasteiger partial charge in [-0.1, -0.05) is 30.3 Å². The number of carbonyl (C=O) groups excluding carboxylic acids is 3. The maximum absolute atomic E-state index is 11.9. The largest absolute Gasteiger partial charge is 0.480 e. The molecule has 0 radical (unpaired) electrons. The Kier molecular flexibility index (Phi) is 8.70. The molecular weight excluding hydrogens is 326 g/mol. The first kappa shape index (κ1) is 20.1. The third-order valence-electron chi connectivity index (χ3n) is 3.32. The number of hydrogen-bond acceptors (Lipinski definition) is 4. The van der Waals surface area contributed by atoms with E-state index in [0.29, 0.717) is 6.54 Å². The van der Waals surface area contributed by atoms with Crippen LogP contribution < -0.4 is 16.0 Å². The summed E-state index contributed by atoms with van der Waals surface area (Å²) in [5.41, 5.74) is 0.797. The normalized spacial score (nSPS) is 11.2. The van der Waals surface area contributed by atoms with Crippen molar-refractivity contribution in [2.75, 3.05) is 13.1 Å². The summed E-state index contributed by atoms with van der Waals surface area (Å²) in [6, 6.07) is 7.93. The number of carboxylic acid groups (broad SMARTS) is 1. The fourth-order valence-corrected chi connectivity index (χ4v) is 2.07. The smallest absolute Gasteiger partial charge is 0.326 e. The number of carbonyl (C=O) groups is 4. The Morgan fingerprint density at radius 1 is 0.960 bits per heavy atom. The topological polar surface area (TPSA) is 125 Å². The summed E-state index contributed by atoms with van der Waals surface area (Å²) in [5, 5.41) is 16.7. The first-order valence-electron chi connectivity index (χ1n) is 7.95. The summed E-state index contributed by atoms with van der Waals surface area (Å²) >= 11 is 0. The van der Waals surface area contributed by atoms with E-state index in [1.54, 1.807) is 24.3 Å². The number of benzene rings is 1. The van der Waals surface area contributed by atoms with Gasteiger partial charge < -0.3 is 21.1 Å². The van der Waals surface area contributed by atoms with E-state index < -0.39 is 17.9 Å². The Morgan fingerprint density at radius 3 is 2.16 bits per heavy atom. The zero-order chi connectivity index (χ0) is 18.7. The summed E-state index contributed by atoms with van der Waals surface area (Å²) in [7, 11) is 0. The van der Waals surface area contributed by atoms with Crippen LogP contribution in [0, 0.1) is 0 Å². The van der Waals surface area contributed by atoms with Gasteiger partial charge in [0.15, 0.2) is 0 Å². The van der Waals surface area contributed by atoms with Gasteiger partial charge >= 0.3 is 5.97 Å². The predicted octanol–water partition coefficient (Wildman–Crippen LogP) is -0.169. The Bertz CT molecular complexity index is 604. The molecule has 3 amide bonds. The highest BCUT2D eigenvalue weighted by molar-refractivity contribution is 5.87. The molecular formula is C17H23N3O5. The standard InChI is InChI=1S/C17H23N3O5/c1-12(21)18-9-10-19-15(22)7-8-16(23)20-14(17(24)25)11-13-5-3-2-4-6-13/h2-6,14H,7-11H2,1H3,(H,18,21)(H,19,22)(H,20,23)(H,24,25)/t14-/m0/s1. The van der Waals surface area contributed by atoms with E-state index in [9.17, 15) is 24.3 Å². The van der Waals surface area contributed by atoms with Gasteiger partial charge in [-0.3, -0.25) is 14.4 Å². The van der Waals surface area contributed by atoms with E-state index >= 15 is 0 Å². The van der Waals surface area contributed by atoms with Crippen molar-refractivity contribution in [3.63, 3.8) is 0 Å². The molecule has 0 unspecified atom stereocenters. The second-order valence-corrected chi connectivity index (χ2v) is 5.48. The van der Waals surface area contributed by atoms with Gasteiger partial charge in [-0.25, -0.2) is 4.79 Å². The van der Waals surface area contributed by atoms with Crippen LogP contribution in [-0.4, -0.2) is 47.9 Å². The Hall–Kier alpha value is -2.90. The van der Waals surface area contributed by atoms with Gasteiger partial charge in [0.25, 0.3) is 0 Å². The van der Waals surface area contributed by atoms with Crippen LogP contribution in [0.15, 0.2) is 30.3 Å². The summed E-state index contributed by atoms with van der Waals surface area (Å²) in [4.78, 5) is 45.4. The summed E-state index contributed by atoms with van der Waals surface area (Å²) in [6.07, 6.45) is 0.0128. The quantitative estimate of drug-likeness (QED) is 0.437. The SMILES string of the molecule is CC(=O)NCCNC(=O)CCC(=O)N[C@@H](Cc1ccccc1)C(=O)O. The lowest BCUT2D eigenvalue weighted by Gasteiger charge is -2.14. The number of hydrogen-bond donors (Lipinski definition) is 4. The molecule has 1 rings (SSSR count). The second kappa shape index (κ2) is 10.8. The van der Waals surface area contributed by atoms with Gasteiger partial charge in [0, 0.05) is 39.3 Å². The molecule has 8 nitrogen and oxygen atoms in total. The molecule has 4 N–H and O–H groups in total. The molecule has 0 heterocycles. The number of aliphatic carboxylic acids is 1. The van der Waals surface area contributed by atoms with Crippen molar-refractivity contribution in [2.24, 2.45) is 0 Å². The van der Waals surface area contributed by atoms with Crippen molar-refractivity contribution in [1.82, 2.24) is 16.0 Å². The van der Waals surface area contributed by atoms with Gasteiger partial charge in [0.1, 0.15) is 6.04 Å². The lowest BCUT2D eigenvalue weighted by Crippen LogP contribution is -2.42. The molecule has 1 aromatic carbocycles. The zero-order valence-electron chi connectivity index (χ0n) is 14.1. The molecule has 1 atom stereocenters. The number of carboxylic acids is 1. The van der Waals surface area contributed by atoms with E-state index in [-0.39, 0.29) is 37.6 Å².